The number of halogens is 1. The van der Waals surface area contributed by atoms with Crippen molar-refractivity contribution < 1.29 is 57.3 Å². The van der Waals surface area contributed by atoms with Crippen LogP contribution in [0.4, 0.5) is 9.18 Å². The quantitative estimate of drug-likeness (QED) is 0.0202. The molecular formula is C52H65FN8O12. The zero-order chi connectivity index (χ0) is 53.6. The number of carboxylic acid groups (broad SMARTS) is 1. The molecule has 392 valence electrons. The Hall–Kier alpha value is -7.49. The van der Waals surface area contributed by atoms with Gasteiger partial charge in [-0.2, -0.15) is 0 Å². The molecule has 7 rings (SSSR count). The molecule has 2 aromatic heterocycles. The molecule has 0 saturated carbocycles. The Bertz CT molecular complexity index is 2710. The molecule has 0 fully saturated rings. The molecule has 4 aromatic rings. The minimum absolute atomic E-state index is 0.0429. The third kappa shape index (κ3) is 15.7. The van der Waals surface area contributed by atoms with Crippen LogP contribution in [0, 0.1) is 19.7 Å². The van der Waals surface area contributed by atoms with E-state index in [1.54, 1.807) is 25.5 Å². The Kier molecular flexibility index (Phi) is 23.2. The van der Waals surface area contributed by atoms with Crippen molar-refractivity contribution in [2.45, 2.75) is 97.9 Å². The summed E-state index contributed by atoms with van der Waals surface area (Å²) in [5, 5.41) is 23.0. The van der Waals surface area contributed by atoms with Crippen molar-refractivity contribution in [2.75, 3.05) is 47.0 Å². The first-order valence-corrected chi connectivity index (χ1v) is 24.1. The van der Waals surface area contributed by atoms with E-state index in [1.165, 1.54) is 23.1 Å². The summed E-state index contributed by atoms with van der Waals surface area (Å²) in [6.45, 7) is 8.36. The third-order valence-corrected chi connectivity index (χ3v) is 11.9. The first-order valence-electron chi connectivity index (χ1n) is 24.1. The predicted octanol–water partition coefficient (Wildman–Crippen LogP) is 3.62. The molecule has 2 unspecified atom stereocenters. The highest BCUT2D eigenvalue weighted by atomic mass is 19.1. The number of ether oxygens (including phenoxy) is 2. The minimum Gasteiger partial charge on any atom is -0.450 e. The maximum absolute atomic E-state index is 14.7. The molecule has 20 nitrogen and oxygen atoms in total. The van der Waals surface area contributed by atoms with Gasteiger partial charge in [0.1, 0.15) is 31.0 Å². The van der Waals surface area contributed by atoms with Gasteiger partial charge in [0.2, 0.25) is 17.7 Å². The monoisotopic (exact) mass is 1010 g/mol. The number of benzene rings is 2. The van der Waals surface area contributed by atoms with Gasteiger partial charge in [-0.3, -0.25) is 39.0 Å². The molecule has 0 radical (unpaired) electrons. The molecule has 0 spiro atoms. The number of amides is 5. The SMILES string of the molecule is CC.CNCC(=O)NC(Cc1ccccc1)C(=O)NCC=O.CNCOC1CCc2c(C)c(F)cc3nc4c(c1c23)Cn1c-4cc(C)c(COC(=O)O)c1=O.O=CCNC(=O)CCCCCN1C(=O)C=CC1=O. The van der Waals surface area contributed by atoms with Crippen molar-refractivity contribution in [1.82, 2.24) is 41.0 Å². The van der Waals surface area contributed by atoms with E-state index < -0.39 is 12.2 Å². The number of aromatic nitrogens is 2. The van der Waals surface area contributed by atoms with Gasteiger partial charge in [0, 0.05) is 48.6 Å². The fraction of sp³-hybridized carbons (Fsp3) is 0.423. The Morgan fingerprint density at radius 1 is 0.904 bits per heavy atom. The summed E-state index contributed by atoms with van der Waals surface area (Å²) < 4.78 is 27.1. The van der Waals surface area contributed by atoms with E-state index in [9.17, 15) is 47.5 Å². The second kappa shape index (κ2) is 29.1. The van der Waals surface area contributed by atoms with Crippen LogP contribution < -0.4 is 32.1 Å². The first-order chi connectivity index (χ1) is 35.1. The Balaban J connectivity index is 0.000000250. The number of carbonyl (C=O) groups is 8. The van der Waals surface area contributed by atoms with Crippen molar-refractivity contribution in [3.8, 4) is 11.4 Å². The number of nitrogens with zero attached hydrogens (tertiary/aromatic N) is 3. The van der Waals surface area contributed by atoms with Gasteiger partial charge in [0.15, 0.2) is 0 Å². The normalized spacial score (nSPS) is 14.0. The Labute approximate surface area is 422 Å². The molecule has 6 N–H and O–H groups in total. The third-order valence-electron chi connectivity index (χ3n) is 11.9. The summed E-state index contributed by atoms with van der Waals surface area (Å²) >= 11 is 0. The number of rotatable bonds is 21. The lowest BCUT2D eigenvalue weighted by Gasteiger charge is -2.29. The van der Waals surface area contributed by atoms with Crippen LogP contribution in [0.2, 0.25) is 0 Å². The number of pyridine rings is 2. The number of aldehydes is 2. The molecular weight excluding hydrogens is 948 g/mol. The Morgan fingerprint density at radius 3 is 2.23 bits per heavy atom. The van der Waals surface area contributed by atoms with E-state index in [0.29, 0.717) is 92.4 Å². The molecule has 0 bridgehead atoms. The van der Waals surface area contributed by atoms with Gasteiger partial charge in [-0.15, -0.1) is 0 Å². The fourth-order valence-electron chi connectivity index (χ4n) is 8.44. The highest BCUT2D eigenvalue weighted by molar-refractivity contribution is 6.12. The largest absolute Gasteiger partial charge is 0.506 e. The van der Waals surface area contributed by atoms with Crippen molar-refractivity contribution >= 4 is 59.2 Å². The van der Waals surface area contributed by atoms with Gasteiger partial charge in [0.25, 0.3) is 17.4 Å². The maximum Gasteiger partial charge on any atom is 0.506 e. The van der Waals surface area contributed by atoms with Crippen LogP contribution >= 0.6 is 0 Å². The maximum atomic E-state index is 14.7. The van der Waals surface area contributed by atoms with E-state index in [2.05, 4.69) is 31.3 Å². The van der Waals surface area contributed by atoms with Crippen LogP contribution in [0.3, 0.4) is 0 Å². The van der Waals surface area contributed by atoms with Gasteiger partial charge in [-0.05, 0) is 87.5 Å². The zero-order valence-electron chi connectivity index (χ0n) is 42.1. The fourth-order valence-corrected chi connectivity index (χ4v) is 8.44. The standard InChI is InChI=1S/C24H24FN3O5.C14H19N3O3.C12H16N2O4.C2H6/c1-11-6-18-22-14(8-28(18)23(29)15(11)9-32-24(30)31)21-19(33-10-26-3)5-4-13-12(2)16(25)7-17(27-22)20(13)21;1-15-10-13(19)17-12(14(20)16-7-8-18)9-11-5-3-2-4-6-11;15-9-7-13-10(16)4-2-1-3-8-14-11(17)5-6-12(14)18;1-2/h6-7,19,26H,4-5,8-10H2,1-3H3,(H,30,31);2-6,8,12,15H,7,9-10H2,1H3,(H,16,20)(H,17,19);5-6,9H,1-4,7-8H2,(H,13,16);1-2H3. The van der Waals surface area contributed by atoms with Gasteiger partial charge in [0.05, 0.1) is 61.5 Å². The van der Waals surface area contributed by atoms with Crippen LogP contribution in [0.5, 0.6) is 0 Å². The van der Waals surface area contributed by atoms with Crippen molar-refractivity contribution in [3.63, 3.8) is 0 Å². The molecule has 4 heterocycles. The zero-order valence-corrected chi connectivity index (χ0v) is 42.1. The van der Waals surface area contributed by atoms with E-state index in [4.69, 9.17) is 14.8 Å². The number of hydrogen-bond donors (Lipinski definition) is 6. The summed E-state index contributed by atoms with van der Waals surface area (Å²) in [7, 11) is 3.46. The molecule has 0 saturated heterocycles. The highest BCUT2D eigenvalue weighted by Crippen LogP contribution is 2.45. The smallest absolute Gasteiger partial charge is 0.450 e. The minimum atomic E-state index is -1.44. The number of nitrogens with one attached hydrogen (secondary N) is 5. The lowest BCUT2D eigenvalue weighted by Crippen LogP contribution is -2.50. The number of aryl methyl sites for hydroxylation is 2. The Morgan fingerprint density at radius 2 is 1.59 bits per heavy atom. The van der Waals surface area contributed by atoms with Crippen molar-refractivity contribution in [1.29, 1.82) is 0 Å². The summed E-state index contributed by atoms with van der Waals surface area (Å²) in [6.07, 6.45) is 6.34. The molecule has 3 aliphatic rings. The molecule has 2 atom stereocenters. The van der Waals surface area contributed by atoms with Crippen molar-refractivity contribution in [2.24, 2.45) is 0 Å². The second-order valence-corrected chi connectivity index (χ2v) is 16.7. The van der Waals surface area contributed by atoms with E-state index >= 15 is 0 Å². The van der Waals surface area contributed by atoms with Crippen molar-refractivity contribution in [3.05, 3.63) is 110 Å². The number of fused-ring (bicyclic) bond motifs is 4. The average Bonchev–Trinajstić information content (AvgIpc) is 3.91. The number of likely N-dealkylation sites (N-methyl/N-ethyl adjacent to an activating group) is 1. The van der Waals surface area contributed by atoms with Crippen LogP contribution in [0.25, 0.3) is 22.3 Å². The summed E-state index contributed by atoms with van der Waals surface area (Å²) in [4.78, 5) is 107. The predicted molar refractivity (Wildman–Crippen MR) is 269 cm³/mol. The second-order valence-electron chi connectivity index (χ2n) is 16.7. The summed E-state index contributed by atoms with van der Waals surface area (Å²) in [5.74, 6) is -1.64. The average molecular weight is 1010 g/mol. The van der Waals surface area contributed by atoms with Gasteiger partial charge < -0.3 is 50.0 Å². The molecule has 5 amide bonds. The summed E-state index contributed by atoms with van der Waals surface area (Å²) in [6, 6.07) is 12.0. The van der Waals surface area contributed by atoms with E-state index in [1.807, 2.05) is 57.3 Å². The molecule has 2 aliphatic heterocycles. The topological polar surface area (TPSA) is 274 Å². The number of unbranched alkanes of at least 4 members (excludes halogenated alkanes) is 2. The number of carbonyl (C=O) groups excluding carboxylic acids is 7. The first kappa shape index (κ1) is 58.1. The molecule has 21 heteroatoms. The van der Waals surface area contributed by atoms with Crippen LogP contribution in [0.15, 0.2) is 59.4 Å². The molecule has 2 aromatic carbocycles. The van der Waals surface area contributed by atoms with Gasteiger partial charge in [-0.1, -0.05) is 50.6 Å². The number of imide groups is 1. The van der Waals surface area contributed by atoms with Crippen LogP contribution in [0.1, 0.15) is 91.0 Å². The molecule has 73 heavy (non-hydrogen) atoms. The van der Waals surface area contributed by atoms with Gasteiger partial charge >= 0.3 is 6.16 Å². The van der Waals surface area contributed by atoms with E-state index in [-0.39, 0.29) is 85.4 Å². The highest BCUT2D eigenvalue weighted by Gasteiger charge is 2.35. The van der Waals surface area contributed by atoms with Crippen LogP contribution in [-0.4, -0.2) is 121 Å². The van der Waals surface area contributed by atoms with E-state index in [0.717, 1.165) is 34.1 Å². The number of hydrogen-bond acceptors (Lipinski definition) is 14. The van der Waals surface area contributed by atoms with Gasteiger partial charge in [-0.25, -0.2) is 14.2 Å². The lowest BCUT2D eigenvalue weighted by atomic mass is 9.83. The van der Waals surface area contributed by atoms with Crippen LogP contribution in [-0.2, 0) is 69.0 Å². The molecule has 1 aliphatic carbocycles. The summed E-state index contributed by atoms with van der Waals surface area (Å²) in [5.41, 5.74) is 6.76. The lowest BCUT2D eigenvalue weighted by molar-refractivity contribution is -0.137.